The fourth-order valence-electron chi connectivity index (χ4n) is 2.92. The van der Waals surface area contributed by atoms with E-state index in [0.29, 0.717) is 24.3 Å². The van der Waals surface area contributed by atoms with Crippen molar-refractivity contribution in [3.8, 4) is 0 Å². The Balaban J connectivity index is 2.23. The molecule has 1 aliphatic heterocycles. The molecule has 1 unspecified atom stereocenters. The van der Waals surface area contributed by atoms with Gasteiger partial charge in [-0.2, -0.15) is 0 Å². The van der Waals surface area contributed by atoms with E-state index in [0.717, 1.165) is 16.5 Å². The monoisotopic (exact) mass is 411 g/mol. The van der Waals surface area contributed by atoms with Crippen LogP contribution in [0.1, 0.15) is 46.1 Å². The van der Waals surface area contributed by atoms with Crippen molar-refractivity contribution >= 4 is 39.3 Å². The number of likely N-dealkylation sites (tertiary alicyclic amines) is 1. The van der Waals surface area contributed by atoms with Gasteiger partial charge in [-0.3, -0.25) is 9.69 Å². The molecular weight excluding hydrogens is 386 g/mol. The Labute approximate surface area is 157 Å². The zero-order chi connectivity index (χ0) is 19.0. The standard InChI is InChI=1S/C18H26BrN3O3/c1-11-9-12(19)10-13(14(11)20)21-15(23)18(5)7-6-8-22(18)16(24)25-17(2,3)4/h9-10H,6-8,20H2,1-5H3,(H,21,23). The third kappa shape index (κ3) is 4.26. The number of nitrogens with one attached hydrogen (secondary N) is 1. The largest absolute Gasteiger partial charge is 0.444 e. The average molecular weight is 412 g/mol. The molecular formula is C18H26BrN3O3. The van der Waals surface area contributed by atoms with Gasteiger partial charge in [-0.05, 0) is 65.2 Å². The number of rotatable bonds is 2. The Morgan fingerprint density at radius 3 is 2.60 bits per heavy atom. The quantitative estimate of drug-likeness (QED) is 0.718. The van der Waals surface area contributed by atoms with Gasteiger partial charge >= 0.3 is 6.09 Å². The number of halogens is 1. The number of hydrogen-bond acceptors (Lipinski definition) is 4. The number of benzene rings is 1. The van der Waals surface area contributed by atoms with Crippen molar-refractivity contribution in [2.24, 2.45) is 0 Å². The summed E-state index contributed by atoms with van der Waals surface area (Å²) >= 11 is 3.41. The number of nitrogens with zero attached hydrogens (tertiary/aromatic N) is 1. The van der Waals surface area contributed by atoms with Gasteiger partial charge in [-0.15, -0.1) is 0 Å². The van der Waals surface area contributed by atoms with E-state index in [1.54, 1.807) is 13.0 Å². The number of anilines is 2. The lowest BCUT2D eigenvalue weighted by atomic mass is 9.97. The van der Waals surface area contributed by atoms with Gasteiger partial charge in [-0.25, -0.2) is 4.79 Å². The molecule has 6 nitrogen and oxygen atoms in total. The van der Waals surface area contributed by atoms with Crippen molar-refractivity contribution in [3.05, 3.63) is 22.2 Å². The van der Waals surface area contributed by atoms with Crippen molar-refractivity contribution in [3.63, 3.8) is 0 Å². The lowest BCUT2D eigenvalue weighted by molar-refractivity contribution is -0.125. The maximum atomic E-state index is 13.0. The summed E-state index contributed by atoms with van der Waals surface area (Å²) in [5.41, 5.74) is 6.42. The molecule has 0 spiro atoms. The molecule has 0 aliphatic carbocycles. The summed E-state index contributed by atoms with van der Waals surface area (Å²) in [6.45, 7) is 9.56. The van der Waals surface area contributed by atoms with Crippen LogP contribution in [0.2, 0.25) is 0 Å². The Morgan fingerprint density at radius 2 is 2.00 bits per heavy atom. The molecule has 138 valence electrons. The third-order valence-corrected chi connectivity index (χ3v) is 4.80. The van der Waals surface area contributed by atoms with Crippen LogP contribution in [0.3, 0.4) is 0 Å². The van der Waals surface area contributed by atoms with E-state index >= 15 is 0 Å². The van der Waals surface area contributed by atoms with Crippen LogP contribution < -0.4 is 11.1 Å². The second-order valence-electron chi connectivity index (χ2n) is 7.65. The van der Waals surface area contributed by atoms with E-state index in [1.165, 1.54) is 4.90 Å². The minimum absolute atomic E-state index is 0.264. The molecule has 1 atom stereocenters. The summed E-state index contributed by atoms with van der Waals surface area (Å²) in [5.74, 6) is -0.264. The summed E-state index contributed by atoms with van der Waals surface area (Å²) in [4.78, 5) is 27.0. The highest BCUT2D eigenvalue weighted by Crippen LogP contribution is 2.34. The van der Waals surface area contributed by atoms with Gasteiger partial charge in [0.1, 0.15) is 11.1 Å². The minimum atomic E-state index is -0.967. The summed E-state index contributed by atoms with van der Waals surface area (Å²) in [5, 5.41) is 2.88. The minimum Gasteiger partial charge on any atom is -0.444 e. The highest BCUT2D eigenvalue weighted by atomic mass is 79.9. The number of nitrogen functional groups attached to an aromatic ring is 1. The smallest absolute Gasteiger partial charge is 0.411 e. The van der Waals surface area contributed by atoms with Crippen LogP contribution >= 0.6 is 15.9 Å². The van der Waals surface area contributed by atoms with Gasteiger partial charge in [0.2, 0.25) is 5.91 Å². The highest BCUT2D eigenvalue weighted by molar-refractivity contribution is 9.10. The van der Waals surface area contributed by atoms with E-state index in [2.05, 4.69) is 21.2 Å². The molecule has 1 heterocycles. The summed E-state index contributed by atoms with van der Waals surface area (Å²) in [6.07, 6.45) is 0.849. The van der Waals surface area contributed by atoms with Crippen LogP contribution in [0, 0.1) is 6.92 Å². The van der Waals surface area contributed by atoms with Crippen LogP contribution in [0.5, 0.6) is 0 Å². The van der Waals surface area contributed by atoms with E-state index in [4.69, 9.17) is 10.5 Å². The molecule has 1 aromatic carbocycles. The molecule has 0 bridgehead atoms. The van der Waals surface area contributed by atoms with Gasteiger partial charge in [-0.1, -0.05) is 15.9 Å². The lowest BCUT2D eigenvalue weighted by Gasteiger charge is -2.35. The number of amides is 2. The van der Waals surface area contributed by atoms with Crippen molar-refractivity contribution in [2.45, 2.75) is 58.6 Å². The first-order chi connectivity index (χ1) is 11.4. The number of ether oxygens (including phenoxy) is 1. The van der Waals surface area contributed by atoms with Crippen LogP contribution in [-0.2, 0) is 9.53 Å². The molecule has 1 fully saturated rings. The van der Waals surface area contributed by atoms with Gasteiger partial charge < -0.3 is 15.8 Å². The molecule has 0 aromatic heterocycles. The van der Waals surface area contributed by atoms with E-state index in [9.17, 15) is 9.59 Å². The average Bonchev–Trinajstić information content (AvgIpc) is 2.86. The van der Waals surface area contributed by atoms with Crippen LogP contribution in [0.25, 0.3) is 0 Å². The molecule has 2 rings (SSSR count). The van der Waals surface area contributed by atoms with Gasteiger partial charge in [0, 0.05) is 11.0 Å². The predicted molar refractivity (Wildman–Crippen MR) is 103 cm³/mol. The fourth-order valence-corrected chi connectivity index (χ4v) is 3.50. The van der Waals surface area contributed by atoms with Crippen molar-refractivity contribution < 1.29 is 14.3 Å². The highest BCUT2D eigenvalue weighted by Gasteiger charge is 2.47. The number of aryl methyl sites for hydroxylation is 1. The SMILES string of the molecule is Cc1cc(Br)cc(NC(=O)C2(C)CCCN2C(=O)OC(C)(C)C)c1N. The summed E-state index contributed by atoms with van der Waals surface area (Å²) in [7, 11) is 0. The van der Waals surface area contributed by atoms with Gasteiger partial charge in [0.25, 0.3) is 0 Å². The third-order valence-electron chi connectivity index (χ3n) is 4.34. The lowest BCUT2D eigenvalue weighted by Crippen LogP contribution is -2.54. The second-order valence-corrected chi connectivity index (χ2v) is 8.56. The molecule has 0 saturated carbocycles. The molecule has 1 saturated heterocycles. The zero-order valence-electron chi connectivity index (χ0n) is 15.4. The normalized spacial score (nSPS) is 20.5. The maximum absolute atomic E-state index is 13.0. The van der Waals surface area contributed by atoms with Crippen LogP contribution in [0.15, 0.2) is 16.6 Å². The predicted octanol–water partition coefficient (Wildman–Crippen LogP) is 4.07. The van der Waals surface area contributed by atoms with Crippen LogP contribution in [-0.4, -0.2) is 34.6 Å². The Bertz CT molecular complexity index is 700. The fraction of sp³-hybridized carbons (Fsp3) is 0.556. The molecule has 3 N–H and O–H groups in total. The van der Waals surface area contributed by atoms with E-state index in [-0.39, 0.29) is 5.91 Å². The first kappa shape index (κ1) is 19.6. The van der Waals surface area contributed by atoms with Crippen molar-refractivity contribution in [2.75, 3.05) is 17.6 Å². The molecule has 7 heteroatoms. The molecule has 25 heavy (non-hydrogen) atoms. The Hall–Kier alpha value is -1.76. The summed E-state index contributed by atoms with van der Waals surface area (Å²) in [6, 6.07) is 3.64. The van der Waals surface area contributed by atoms with Gasteiger partial charge in [0.15, 0.2) is 0 Å². The first-order valence-corrected chi connectivity index (χ1v) is 9.11. The number of carbonyl (C=O) groups is 2. The maximum Gasteiger partial charge on any atom is 0.411 e. The Morgan fingerprint density at radius 1 is 1.36 bits per heavy atom. The van der Waals surface area contributed by atoms with Crippen molar-refractivity contribution in [1.82, 2.24) is 4.90 Å². The summed E-state index contributed by atoms with van der Waals surface area (Å²) < 4.78 is 6.28. The Kier molecular flexibility index (Phi) is 5.37. The van der Waals surface area contributed by atoms with E-state index in [1.807, 2.05) is 33.8 Å². The molecule has 0 radical (unpaired) electrons. The first-order valence-electron chi connectivity index (χ1n) is 8.32. The molecule has 1 aromatic rings. The van der Waals surface area contributed by atoms with E-state index < -0.39 is 17.2 Å². The topological polar surface area (TPSA) is 84.7 Å². The van der Waals surface area contributed by atoms with Gasteiger partial charge in [0.05, 0.1) is 11.4 Å². The zero-order valence-corrected chi connectivity index (χ0v) is 17.0. The number of carbonyl (C=O) groups excluding carboxylic acids is 2. The van der Waals surface area contributed by atoms with Crippen molar-refractivity contribution in [1.29, 1.82) is 0 Å². The number of nitrogens with two attached hydrogens (primary N) is 1. The second kappa shape index (κ2) is 6.86. The van der Waals surface area contributed by atoms with Crippen LogP contribution in [0.4, 0.5) is 16.2 Å². The number of hydrogen-bond donors (Lipinski definition) is 2. The molecule has 2 amide bonds. The molecule has 1 aliphatic rings.